The quantitative estimate of drug-likeness (QED) is 0.406. The van der Waals surface area contributed by atoms with Crippen LogP contribution in [0.3, 0.4) is 0 Å². The lowest BCUT2D eigenvalue weighted by molar-refractivity contribution is 0.321. The summed E-state index contributed by atoms with van der Waals surface area (Å²) in [6.45, 7) is 0. The van der Waals surface area contributed by atoms with Gasteiger partial charge in [0, 0.05) is 5.33 Å². The maximum absolute atomic E-state index is 5.61. The lowest BCUT2D eigenvalue weighted by Gasteiger charge is -2.05. The van der Waals surface area contributed by atoms with Crippen molar-refractivity contribution in [3.63, 3.8) is 0 Å². The van der Waals surface area contributed by atoms with Crippen LogP contribution in [0.4, 0.5) is 0 Å². The van der Waals surface area contributed by atoms with Gasteiger partial charge in [0.25, 0.3) is 0 Å². The van der Waals surface area contributed by atoms with E-state index >= 15 is 0 Å². The molecule has 0 spiro atoms. The first-order valence-corrected chi connectivity index (χ1v) is 6.86. The summed E-state index contributed by atoms with van der Waals surface area (Å²) in [6, 6.07) is 1.17. The van der Waals surface area contributed by atoms with Crippen molar-refractivity contribution in [3.05, 3.63) is 0 Å². The molecule has 10 heavy (non-hydrogen) atoms. The van der Waals surface area contributed by atoms with Crippen molar-refractivity contribution in [2.24, 2.45) is 0 Å². The predicted octanol–water partition coefficient (Wildman–Crippen LogP) is 2.09. The number of halogens is 3. The number of alkyl halides is 3. The Morgan fingerprint density at radius 2 is 2.30 bits per heavy atom. The highest BCUT2D eigenvalue weighted by Gasteiger charge is 2.00. The maximum atomic E-state index is 5.61. The third-order valence-electron chi connectivity index (χ3n) is 0.948. The lowest BCUT2D eigenvalue weighted by atomic mass is 10.6. The second-order valence-electron chi connectivity index (χ2n) is 1.83. The van der Waals surface area contributed by atoms with E-state index in [9.17, 15) is 0 Å². The zero-order valence-corrected chi connectivity index (χ0v) is 10.2. The van der Waals surface area contributed by atoms with Gasteiger partial charge >= 0.3 is 0 Å². The van der Waals surface area contributed by atoms with E-state index in [-0.39, 0.29) is 5.56 Å². The van der Waals surface area contributed by atoms with E-state index in [1.165, 1.54) is 12.5 Å². The van der Waals surface area contributed by atoms with Crippen LogP contribution < -0.4 is 0 Å². The van der Waals surface area contributed by atoms with Crippen molar-refractivity contribution in [2.75, 3.05) is 11.2 Å². The molecule has 0 aromatic carbocycles. The summed E-state index contributed by atoms with van der Waals surface area (Å²) in [5, 5.41) is 1.05. The third-order valence-corrected chi connectivity index (χ3v) is 3.87. The first-order valence-electron chi connectivity index (χ1n) is 3.19. The molecule has 0 aliphatic heterocycles. The molecule has 0 radical (unpaired) electrons. The second kappa shape index (κ2) is 8.33. The summed E-state index contributed by atoms with van der Waals surface area (Å²) in [6.07, 6.45) is 1.18. The van der Waals surface area contributed by atoms with Gasteiger partial charge in [-0.25, -0.2) is 0 Å². The predicted molar refractivity (Wildman–Crippen MR) is 53.2 cm³/mol. The summed E-state index contributed by atoms with van der Waals surface area (Å²) in [5.41, 5.74) is -0.261. The normalized spacial score (nSPS) is 14.7. The molecule has 0 aromatic heterocycles. The Balaban J connectivity index is 2.89. The zero-order valence-electron chi connectivity index (χ0n) is 5.66. The maximum Gasteiger partial charge on any atom is 0.163 e. The van der Waals surface area contributed by atoms with Crippen LogP contribution in [0.1, 0.15) is 6.42 Å². The molecule has 0 N–H and O–H groups in total. The summed E-state index contributed by atoms with van der Waals surface area (Å²) >= 11 is 14.4. The summed E-state index contributed by atoms with van der Waals surface area (Å²) in [5.74, 6) is 0.392. The van der Waals surface area contributed by atoms with Gasteiger partial charge in [0.2, 0.25) is 0 Å². The van der Waals surface area contributed by atoms with Crippen LogP contribution in [0.2, 0.25) is 6.04 Å². The fourth-order valence-corrected chi connectivity index (χ4v) is 3.08. The van der Waals surface area contributed by atoms with Crippen molar-refractivity contribution in [1.29, 1.82) is 0 Å². The van der Waals surface area contributed by atoms with Crippen LogP contribution in [0.5, 0.6) is 0 Å². The molecule has 0 rings (SSSR count). The zero-order chi connectivity index (χ0) is 7.82. The van der Waals surface area contributed by atoms with Crippen LogP contribution in [0.15, 0.2) is 0 Å². The van der Waals surface area contributed by atoms with E-state index in [2.05, 4.69) is 15.9 Å². The molecule has 0 saturated carbocycles. The minimum absolute atomic E-state index is 0.261. The van der Waals surface area contributed by atoms with Crippen LogP contribution in [0.25, 0.3) is 0 Å². The van der Waals surface area contributed by atoms with Crippen LogP contribution in [-0.4, -0.2) is 26.5 Å². The first kappa shape index (κ1) is 11.2. The van der Waals surface area contributed by atoms with Gasteiger partial charge in [-0.2, -0.15) is 0 Å². The molecule has 1 nitrogen and oxygen atoms in total. The average Bonchev–Trinajstić information content (AvgIpc) is 1.98. The molecule has 0 aromatic rings. The average molecular weight is 266 g/mol. The fourth-order valence-electron chi connectivity index (χ4n) is 0.452. The van der Waals surface area contributed by atoms with Gasteiger partial charge in [-0.3, -0.25) is 0 Å². The highest BCUT2D eigenvalue weighted by Crippen LogP contribution is 2.02. The van der Waals surface area contributed by atoms with Gasteiger partial charge in [0.1, 0.15) is 5.56 Å². The summed E-state index contributed by atoms with van der Waals surface area (Å²) < 4.78 is 5.24. The molecule has 62 valence electrons. The first-order chi connectivity index (χ1) is 4.81. The highest BCUT2D eigenvalue weighted by atomic mass is 79.9. The molecular weight excluding hydrogens is 255 g/mol. The lowest BCUT2D eigenvalue weighted by Crippen LogP contribution is -2.10. The number of hydrogen-bond acceptors (Lipinski definition) is 1. The van der Waals surface area contributed by atoms with E-state index in [0.717, 1.165) is 5.33 Å². The van der Waals surface area contributed by atoms with Gasteiger partial charge in [-0.05, 0) is 12.5 Å². The molecule has 0 heterocycles. The molecule has 0 bridgehead atoms. The number of hydrogen-bond donors (Lipinski definition) is 0. The molecule has 1 unspecified atom stereocenters. The molecule has 0 aliphatic carbocycles. The van der Waals surface area contributed by atoms with Gasteiger partial charge in [0.15, 0.2) is 9.76 Å². The standard InChI is InChI=1S/C5H11BrCl2OSi/c6-2-1-3-10-9-5(8)4-7/h5H,1-4,10H2. The summed E-state index contributed by atoms with van der Waals surface area (Å²) in [7, 11) is -0.405. The Kier molecular flexibility index (Phi) is 9.37. The fraction of sp³-hybridized carbons (Fsp3) is 1.00. The Labute approximate surface area is 82.5 Å². The van der Waals surface area contributed by atoms with Gasteiger partial charge in [-0.1, -0.05) is 27.5 Å². The van der Waals surface area contributed by atoms with Gasteiger partial charge in [0.05, 0.1) is 5.88 Å². The van der Waals surface area contributed by atoms with Crippen LogP contribution in [-0.2, 0) is 4.43 Å². The van der Waals surface area contributed by atoms with E-state index in [4.69, 9.17) is 27.6 Å². The minimum atomic E-state index is -0.405. The number of rotatable bonds is 6. The molecule has 0 fully saturated rings. The van der Waals surface area contributed by atoms with Crippen molar-refractivity contribution in [2.45, 2.75) is 18.0 Å². The van der Waals surface area contributed by atoms with Crippen LogP contribution >= 0.6 is 39.1 Å². The highest BCUT2D eigenvalue weighted by molar-refractivity contribution is 9.09. The monoisotopic (exact) mass is 264 g/mol. The third kappa shape index (κ3) is 7.35. The molecule has 0 aliphatic rings. The topological polar surface area (TPSA) is 9.23 Å². The smallest absolute Gasteiger partial charge is 0.163 e. The van der Waals surface area contributed by atoms with E-state index in [1.54, 1.807) is 0 Å². The van der Waals surface area contributed by atoms with Gasteiger partial charge < -0.3 is 4.43 Å². The largest absolute Gasteiger partial charge is 0.407 e. The Morgan fingerprint density at radius 1 is 1.60 bits per heavy atom. The van der Waals surface area contributed by atoms with Crippen molar-refractivity contribution < 1.29 is 4.43 Å². The van der Waals surface area contributed by atoms with E-state index < -0.39 is 9.76 Å². The van der Waals surface area contributed by atoms with Crippen molar-refractivity contribution in [3.8, 4) is 0 Å². The Bertz CT molecular complexity index is 76.7. The molecule has 1 atom stereocenters. The SMILES string of the molecule is ClCC(Cl)O[SiH2]CCCBr. The van der Waals surface area contributed by atoms with Crippen LogP contribution in [0, 0.1) is 0 Å². The molecule has 0 saturated heterocycles. The van der Waals surface area contributed by atoms with Crippen molar-refractivity contribution in [1.82, 2.24) is 0 Å². The molecular formula is C5H11BrCl2OSi. The molecule has 5 heteroatoms. The van der Waals surface area contributed by atoms with Gasteiger partial charge in [-0.15, -0.1) is 11.6 Å². The Morgan fingerprint density at radius 3 is 2.80 bits per heavy atom. The molecule has 0 amide bonds. The Hall–Kier alpha value is 1.24. The minimum Gasteiger partial charge on any atom is -0.407 e. The van der Waals surface area contributed by atoms with E-state index in [1.807, 2.05) is 0 Å². The second-order valence-corrected chi connectivity index (χ2v) is 4.87. The van der Waals surface area contributed by atoms with Crippen molar-refractivity contribution >= 4 is 48.9 Å². The van der Waals surface area contributed by atoms with E-state index in [0.29, 0.717) is 5.88 Å². The summed E-state index contributed by atoms with van der Waals surface area (Å²) in [4.78, 5) is 0.